The van der Waals surface area contributed by atoms with E-state index in [1.807, 2.05) is 18.7 Å². The molecule has 1 unspecified atom stereocenters. The van der Waals surface area contributed by atoms with E-state index in [9.17, 15) is 0 Å². The highest BCUT2D eigenvalue weighted by Gasteiger charge is 2.27. The van der Waals surface area contributed by atoms with E-state index in [2.05, 4.69) is 63.7 Å². The van der Waals surface area contributed by atoms with Crippen molar-refractivity contribution in [3.05, 3.63) is 78.3 Å². The third kappa shape index (κ3) is 2.59. The standard InChI is InChI=1S/C22H21N3O/c1-2-4-18-16(3-1)5-6-20-21(18)19(15-26-20)22(17-7-9-23-10-8-17)25-13-11-24-12-14-25/h1-10,15,22,24H,11-14H2. The van der Waals surface area contributed by atoms with E-state index in [-0.39, 0.29) is 6.04 Å². The summed E-state index contributed by atoms with van der Waals surface area (Å²) in [5.74, 6) is 0. The van der Waals surface area contributed by atoms with Crippen molar-refractivity contribution >= 4 is 21.7 Å². The minimum atomic E-state index is 0.173. The van der Waals surface area contributed by atoms with E-state index in [1.54, 1.807) is 0 Å². The maximum atomic E-state index is 5.99. The lowest BCUT2D eigenvalue weighted by Crippen LogP contribution is -2.45. The largest absolute Gasteiger partial charge is 0.464 e. The molecule has 1 N–H and O–H groups in total. The first-order valence-electron chi connectivity index (χ1n) is 9.15. The quantitative estimate of drug-likeness (QED) is 0.611. The predicted octanol–water partition coefficient (Wildman–Crippen LogP) is 3.98. The highest BCUT2D eigenvalue weighted by molar-refractivity contribution is 6.07. The van der Waals surface area contributed by atoms with Crippen LogP contribution < -0.4 is 5.32 Å². The molecule has 1 atom stereocenters. The number of hydrogen-bond acceptors (Lipinski definition) is 4. The first-order chi connectivity index (χ1) is 12.9. The SMILES string of the molecule is c1ccc2c(c1)ccc1occ(C(c3ccncc3)N3CCNCC3)c12. The molecule has 130 valence electrons. The lowest BCUT2D eigenvalue weighted by atomic mass is 9.94. The fraction of sp³-hybridized carbons (Fsp3) is 0.227. The number of nitrogens with zero attached hydrogens (tertiary/aromatic N) is 2. The number of nitrogens with one attached hydrogen (secondary N) is 1. The summed E-state index contributed by atoms with van der Waals surface area (Å²) < 4.78 is 5.99. The first-order valence-corrected chi connectivity index (χ1v) is 9.15. The fourth-order valence-corrected chi connectivity index (χ4v) is 4.11. The van der Waals surface area contributed by atoms with Crippen LogP contribution in [-0.2, 0) is 0 Å². The molecule has 4 aromatic rings. The maximum absolute atomic E-state index is 5.99. The van der Waals surface area contributed by atoms with Crippen molar-refractivity contribution in [1.29, 1.82) is 0 Å². The number of aromatic nitrogens is 1. The third-order valence-corrected chi connectivity index (χ3v) is 5.33. The Balaban J connectivity index is 1.75. The lowest BCUT2D eigenvalue weighted by Gasteiger charge is -2.35. The van der Waals surface area contributed by atoms with Crippen LogP contribution >= 0.6 is 0 Å². The molecule has 0 saturated carbocycles. The number of furan rings is 1. The second-order valence-corrected chi connectivity index (χ2v) is 6.82. The molecule has 0 bridgehead atoms. The van der Waals surface area contributed by atoms with E-state index in [1.165, 1.54) is 27.3 Å². The molecular weight excluding hydrogens is 322 g/mol. The van der Waals surface area contributed by atoms with Crippen LogP contribution in [0.25, 0.3) is 21.7 Å². The van der Waals surface area contributed by atoms with Gasteiger partial charge in [-0.2, -0.15) is 0 Å². The summed E-state index contributed by atoms with van der Waals surface area (Å²) >= 11 is 0. The number of piperazine rings is 1. The summed E-state index contributed by atoms with van der Waals surface area (Å²) in [6.07, 6.45) is 5.71. The third-order valence-electron chi connectivity index (χ3n) is 5.33. The van der Waals surface area contributed by atoms with Crippen molar-refractivity contribution < 1.29 is 4.42 Å². The van der Waals surface area contributed by atoms with Crippen LogP contribution in [-0.4, -0.2) is 36.1 Å². The number of benzene rings is 2. The molecule has 26 heavy (non-hydrogen) atoms. The topological polar surface area (TPSA) is 41.3 Å². The molecule has 0 aliphatic carbocycles. The first kappa shape index (κ1) is 15.6. The molecular formula is C22H21N3O. The van der Waals surface area contributed by atoms with Crippen LogP contribution in [0.2, 0.25) is 0 Å². The summed E-state index contributed by atoms with van der Waals surface area (Å²) in [6, 6.07) is 17.2. The van der Waals surface area contributed by atoms with Crippen LogP contribution in [0.4, 0.5) is 0 Å². The molecule has 4 nitrogen and oxygen atoms in total. The summed E-state index contributed by atoms with van der Waals surface area (Å²) in [5, 5.41) is 7.18. The molecule has 1 aliphatic rings. The summed E-state index contributed by atoms with van der Waals surface area (Å²) in [6.45, 7) is 4.06. The highest BCUT2D eigenvalue weighted by atomic mass is 16.3. The van der Waals surface area contributed by atoms with Gasteiger partial charge < -0.3 is 9.73 Å². The zero-order valence-electron chi connectivity index (χ0n) is 14.6. The Bertz CT molecular complexity index is 1040. The molecule has 2 aromatic carbocycles. The molecule has 3 heterocycles. The molecule has 1 aliphatic heterocycles. The van der Waals surface area contributed by atoms with Gasteiger partial charge in [0.2, 0.25) is 0 Å². The molecule has 4 heteroatoms. The normalized spacial score (nSPS) is 16.9. The monoisotopic (exact) mass is 343 g/mol. The van der Waals surface area contributed by atoms with E-state index >= 15 is 0 Å². The number of pyridine rings is 1. The van der Waals surface area contributed by atoms with Crippen LogP contribution in [0.5, 0.6) is 0 Å². The average molecular weight is 343 g/mol. The Morgan fingerprint density at radius 1 is 0.962 bits per heavy atom. The van der Waals surface area contributed by atoms with Crippen LogP contribution in [0.1, 0.15) is 17.2 Å². The molecule has 1 saturated heterocycles. The molecule has 0 spiro atoms. The van der Waals surface area contributed by atoms with Gasteiger partial charge in [-0.3, -0.25) is 9.88 Å². The Kier molecular flexibility index (Phi) is 3.92. The van der Waals surface area contributed by atoms with Crippen molar-refractivity contribution in [2.24, 2.45) is 0 Å². The maximum Gasteiger partial charge on any atom is 0.134 e. The zero-order chi connectivity index (χ0) is 17.3. The van der Waals surface area contributed by atoms with Crippen molar-refractivity contribution in [1.82, 2.24) is 15.2 Å². The van der Waals surface area contributed by atoms with Crippen molar-refractivity contribution in [2.75, 3.05) is 26.2 Å². The van der Waals surface area contributed by atoms with Crippen molar-refractivity contribution in [3.8, 4) is 0 Å². The van der Waals surface area contributed by atoms with E-state index in [0.717, 1.165) is 31.8 Å². The summed E-state index contributed by atoms with van der Waals surface area (Å²) in [5.41, 5.74) is 3.45. The molecule has 2 aromatic heterocycles. The number of fused-ring (bicyclic) bond motifs is 3. The Hall–Kier alpha value is -2.69. The number of rotatable bonds is 3. The van der Waals surface area contributed by atoms with E-state index in [4.69, 9.17) is 4.42 Å². The zero-order valence-corrected chi connectivity index (χ0v) is 14.6. The lowest BCUT2D eigenvalue weighted by molar-refractivity contribution is 0.198. The Morgan fingerprint density at radius 3 is 2.62 bits per heavy atom. The minimum absolute atomic E-state index is 0.173. The van der Waals surface area contributed by atoms with Gasteiger partial charge in [0, 0.05) is 49.5 Å². The van der Waals surface area contributed by atoms with Crippen molar-refractivity contribution in [2.45, 2.75) is 6.04 Å². The molecule has 0 amide bonds. The Morgan fingerprint density at radius 2 is 1.77 bits per heavy atom. The van der Waals surface area contributed by atoms with E-state index < -0.39 is 0 Å². The van der Waals surface area contributed by atoms with Gasteiger partial charge in [0.1, 0.15) is 5.58 Å². The van der Waals surface area contributed by atoms with Crippen molar-refractivity contribution in [3.63, 3.8) is 0 Å². The summed E-state index contributed by atoms with van der Waals surface area (Å²) in [4.78, 5) is 6.75. The van der Waals surface area contributed by atoms with Gasteiger partial charge in [-0.1, -0.05) is 30.3 Å². The van der Waals surface area contributed by atoms with Crippen LogP contribution in [0.15, 0.2) is 71.6 Å². The Labute approximate surface area is 152 Å². The van der Waals surface area contributed by atoms with Crippen LogP contribution in [0.3, 0.4) is 0 Å². The smallest absolute Gasteiger partial charge is 0.134 e. The van der Waals surface area contributed by atoms with Gasteiger partial charge in [-0.05, 0) is 34.5 Å². The molecule has 1 fully saturated rings. The average Bonchev–Trinajstić information content (AvgIpc) is 3.14. The second-order valence-electron chi connectivity index (χ2n) is 6.82. The predicted molar refractivity (Wildman–Crippen MR) is 104 cm³/mol. The van der Waals surface area contributed by atoms with Gasteiger partial charge >= 0.3 is 0 Å². The minimum Gasteiger partial charge on any atom is -0.464 e. The van der Waals surface area contributed by atoms with Crippen LogP contribution in [0, 0.1) is 0 Å². The molecule has 5 rings (SSSR count). The van der Waals surface area contributed by atoms with Gasteiger partial charge in [0.05, 0.1) is 12.3 Å². The van der Waals surface area contributed by atoms with Gasteiger partial charge in [0.15, 0.2) is 0 Å². The van der Waals surface area contributed by atoms with Gasteiger partial charge in [-0.25, -0.2) is 0 Å². The summed E-state index contributed by atoms with van der Waals surface area (Å²) in [7, 11) is 0. The second kappa shape index (κ2) is 6.56. The molecule has 0 radical (unpaired) electrons. The highest BCUT2D eigenvalue weighted by Crippen LogP contribution is 2.38. The fourth-order valence-electron chi connectivity index (χ4n) is 4.11. The van der Waals surface area contributed by atoms with Gasteiger partial charge in [-0.15, -0.1) is 0 Å². The number of hydrogen-bond donors (Lipinski definition) is 1. The van der Waals surface area contributed by atoms with Gasteiger partial charge in [0.25, 0.3) is 0 Å². The van der Waals surface area contributed by atoms with E-state index in [0.29, 0.717) is 0 Å².